The van der Waals surface area contributed by atoms with Crippen molar-refractivity contribution in [1.82, 2.24) is 10.3 Å². The molecule has 3 N–H and O–H groups in total. The van der Waals surface area contributed by atoms with E-state index in [1.165, 1.54) is 6.08 Å². The lowest BCUT2D eigenvalue weighted by molar-refractivity contribution is -0.131. The minimum atomic E-state index is -0.939. The third kappa shape index (κ3) is 6.25. The molecule has 0 fully saturated rings. The lowest BCUT2D eigenvalue weighted by Crippen LogP contribution is -2.32. The summed E-state index contributed by atoms with van der Waals surface area (Å²) in [5.41, 5.74) is 1.28. The number of thiophene rings is 1. The number of nitrogens with zero attached hydrogens (tertiary/aromatic N) is 1. The maximum atomic E-state index is 10.7. The van der Waals surface area contributed by atoms with Crippen LogP contribution in [0.2, 0.25) is 5.15 Å². The van der Waals surface area contributed by atoms with Crippen molar-refractivity contribution in [2.75, 3.05) is 6.54 Å². The molecule has 2 rings (SSSR count). The van der Waals surface area contributed by atoms with Crippen LogP contribution in [0.3, 0.4) is 0 Å². The Morgan fingerprint density at radius 2 is 2.16 bits per heavy atom. The van der Waals surface area contributed by atoms with Gasteiger partial charge in [-0.3, -0.25) is 0 Å². The normalized spacial score (nSPS) is 14.3. The van der Waals surface area contributed by atoms with Gasteiger partial charge < -0.3 is 15.5 Å². The number of halogens is 1. The number of carboxylic acid groups (broad SMARTS) is 1. The van der Waals surface area contributed by atoms with Crippen LogP contribution in [-0.4, -0.2) is 33.8 Å². The predicted octanol–water partition coefficient (Wildman–Crippen LogP) is 3.54. The highest BCUT2D eigenvalue weighted by Gasteiger charge is 2.12. The van der Waals surface area contributed by atoms with Gasteiger partial charge in [0.05, 0.1) is 5.69 Å². The summed E-state index contributed by atoms with van der Waals surface area (Å²) in [6.07, 6.45) is 1.28. The summed E-state index contributed by atoms with van der Waals surface area (Å²) < 4.78 is 0. The molecule has 0 radical (unpaired) electrons. The van der Waals surface area contributed by atoms with Gasteiger partial charge >= 0.3 is 5.97 Å². The summed E-state index contributed by atoms with van der Waals surface area (Å²) in [4.78, 5) is 16.9. The highest BCUT2D eigenvalue weighted by Crippen LogP contribution is 2.25. The van der Waals surface area contributed by atoms with Gasteiger partial charge in [0.15, 0.2) is 0 Å². The molecule has 0 aliphatic heterocycles. The first kappa shape index (κ1) is 19.6. The van der Waals surface area contributed by atoms with Crippen LogP contribution in [-0.2, 0) is 11.2 Å². The SMILES string of the molecule is C/C(=C\C(=O)O)c1ccc(CC(C)NCC(O)c2cccc(Cl)n2)s1. The number of pyridine rings is 1. The zero-order valence-corrected chi connectivity index (χ0v) is 15.6. The number of carboxylic acids is 1. The monoisotopic (exact) mass is 380 g/mol. The Balaban J connectivity index is 1.87. The molecule has 134 valence electrons. The first-order valence-corrected chi connectivity index (χ1v) is 9.09. The van der Waals surface area contributed by atoms with E-state index in [0.29, 0.717) is 17.4 Å². The van der Waals surface area contributed by atoms with Gasteiger partial charge in [0.2, 0.25) is 0 Å². The first-order chi connectivity index (χ1) is 11.8. The Morgan fingerprint density at radius 3 is 2.84 bits per heavy atom. The van der Waals surface area contributed by atoms with E-state index in [0.717, 1.165) is 21.7 Å². The van der Waals surface area contributed by atoms with Crippen LogP contribution in [0.1, 0.15) is 35.4 Å². The van der Waals surface area contributed by atoms with Crippen LogP contribution >= 0.6 is 22.9 Å². The Labute approximate surface area is 156 Å². The molecule has 2 heterocycles. The minimum absolute atomic E-state index is 0.157. The van der Waals surface area contributed by atoms with Crippen molar-refractivity contribution in [1.29, 1.82) is 0 Å². The molecule has 0 aliphatic rings. The van der Waals surface area contributed by atoms with Crippen molar-refractivity contribution >= 4 is 34.5 Å². The highest BCUT2D eigenvalue weighted by atomic mass is 35.5. The predicted molar refractivity (Wildman–Crippen MR) is 101 cm³/mol. The van der Waals surface area contributed by atoms with E-state index >= 15 is 0 Å². The second kappa shape index (κ2) is 9.10. The number of nitrogens with one attached hydrogen (secondary N) is 1. The third-order valence-electron chi connectivity index (χ3n) is 3.64. The quantitative estimate of drug-likeness (QED) is 0.482. The van der Waals surface area contributed by atoms with Crippen molar-refractivity contribution < 1.29 is 15.0 Å². The van der Waals surface area contributed by atoms with E-state index in [4.69, 9.17) is 16.7 Å². The van der Waals surface area contributed by atoms with Gasteiger partial charge in [-0.2, -0.15) is 0 Å². The maximum Gasteiger partial charge on any atom is 0.328 e. The van der Waals surface area contributed by atoms with E-state index in [1.54, 1.807) is 36.5 Å². The molecule has 7 heteroatoms. The summed E-state index contributed by atoms with van der Waals surface area (Å²) in [6.45, 7) is 4.21. The molecular formula is C18H21ClN2O3S. The van der Waals surface area contributed by atoms with Crippen LogP contribution in [0.25, 0.3) is 5.57 Å². The van der Waals surface area contributed by atoms with Crippen LogP contribution < -0.4 is 5.32 Å². The summed E-state index contributed by atoms with van der Waals surface area (Å²) in [7, 11) is 0. The fourth-order valence-electron chi connectivity index (χ4n) is 2.36. The summed E-state index contributed by atoms with van der Waals surface area (Å²) in [6, 6.07) is 9.27. The van der Waals surface area contributed by atoms with E-state index in [9.17, 15) is 9.90 Å². The van der Waals surface area contributed by atoms with Crippen LogP contribution in [0.15, 0.2) is 36.4 Å². The summed E-state index contributed by atoms with van der Waals surface area (Å²) >= 11 is 7.42. The molecule has 2 unspecified atom stereocenters. The Morgan fingerprint density at radius 1 is 1.40 bits per heavy atom. The van der Waals surface area contributed by atoms with Gasteiger partial charge in [-0.05, 0) is 50.1 Å². The molecule has 0 saturated carbocycles. The van der Waals surface area contributed by atoms with Crippen LogP contribution in [0.5, 0.6) is 0 Å². The van der Waals surface area contributed by atoms with E-state index in [-0.39, 0.29) is 6.04 Å². The average molecular weight is 381 g/mol. The Hall–Kier alpha value is -1.73. The van der Waals surface area contributed by atoms with Crippen molar-refractivity contribution in [3.63, 3.8) is 0 Å². The summed E-state index contributed by atoms with van der Waals surface area (Å²) in [5.74, 6) is -0.939. The molecule has 0 spiro atoms. The molecule has 0 aromatic carbocycles. The van der Waals surface area contributed by atoms with Crippen LogP contribution in [0.4, 0.5) is 0 Å². The number of aliphatic hydroxyl groups excluding tert-OH is 1. The molecule has 5 nitrogen and oxygen atoms in total. The Kier molecular flexibility index (Phi) is 7.13. The average Bonchev–Trinajstić information content (AvgIpc) is 3.00. The number of allylic oxidation sites excluding steroid dienone is 1. The lowest BCUT2D eigenvalue weighted by atomic mass is 10.1. The van der Waals surface area contributed by atoms with Crippen molar-refractivity contribution in [3.05, 3.63) is 57.0 Å². The molecule has 0 aliphatic carbocycles. The number of hydrogen-bond acceptors (Lipinski definition) is 5. The maximum absolute atomic E-state index is 10.7. The van der Waals surface area contributed by atoms with Gasteiger partial charge in [-0.15, -0.1) is 11.3 Å². The topological polar surface area (TPSA) is 82.5 Å². The highest BCUT2D eigenvalue weighted by molar-refractivity contribution is 7.13. The first-order valence-electron chi connectivity index (χ1n) is 7.89. The van der Waals surface area contributed by atoms with E-state index in [1.807, 2.05) is 19.1 Å². The second-order valence-electron chi connectivity index (χ2n) is 5.85. The minimum Gasteiger partial charge on any atom is -0.478 e. The number of carbonyl (C=O) groups is 1. The molecule has 0 amide bonds. The van der Waals surface area contributed by atoms with Crippen molar-refractivity contribution in [2.24, 2.45) is 0 Å². The summed E-state index contributed by atoms with van der Waals surface area (Å²) in [5, 5.41) is 22.6. The number of aromatic nitrogens is 1. The van der Waals surface area contributed by atoms with Gasteiger partial charge in [0.25, 0.3) is 0 Å². The molecule has 0 saturated heterocycles. The zero-order chi connectivity index (χ0) is 18.4. The smallest absolute Gasteiger partial charge is 0.328 e. The van der Waals surface area contributed by atoms with Gasteiger partial charge in [0.1, 0.15) is 11.3 Å². The molecule has 0 bridgehead atoms. The number of aliphatic carboxylic acids is 1. The van der Waals surface area contributed by atoms with Crippen molar-refractivity contribution in [2.45, 2.75) is 32.4 Å². The molecule has 2 atom stereocenters. The third-order valence-corrected chi connectivity index (χ3v) is 5.09. The van der Waals surface area contributed by atoms with Gasteiger partial charge in [-0.1, -0.05) is 17.7 Å². The van der Waals surface area contributed by atoms with E-state index in [2.05, 4.69) is 10.3 Å². The van der Waals surface area contributed by atoms with Gasteiger partial charge in [0, 0.05) is 28.4 Å². The molecular weight excluding hydrogens is 360 g/mol. The van der Waals surface area contributed by atoms with Crippen LogP contribution in [0, 0.1) is 0 Å². The second-order valence-corrected chi connectivity index (χ2v) is 7.40. The number of aliphatic hydroxyl groups is 1. The zero-order valence-electron chi connectivity index (χ0n) is 14.1. The number of hydrogen-bond donors (Lipinski definition) is 3. The number of rotatable bonds is 8. The fraction of sp³-hybridized carbons (Fsp3) is 0.333. The van der Waals surface area contributed by atoms with E-state index < -0.39 is 12.1 Å². The van der Waals surface area contributed by atoms with Gasteiger partial charge in [-0.25, -0.2) is 9.78 Å². The molecule has 2 aromatic rings. The fourth-order valence-corrected chi connectivity index (χ4v) is 3.63. The lowest BCUT2D eigenvalue weighted by Gasteiger charge is -2.16. The van der Waals surface area contributed by atoms with Crippen molar-refractivity contribution in [3.8, 4) is 0 Å². The largest absolute Gasteiger partial charge is 0.478 e. The molecule has 2 aromatic heterocycles. The standard InChI is InChI=1S/C18H21ClN2O3S/c1-11(8-18(23)24)16-7-6-13(25-16)9-12(2)20-10-15(22)14-4-3-5-17(19)21-14/h3-8,12,15,20,22H,9-10H2,1-2H3,(H,23,24)/b11-8+. The Bertz CT molecular complexity index is 760. The molecule has 25 heavy (non-hydrogen) atoms.